The van der Waals surface area contributed by atoms with Crippen molar-refractivity contribution in [1.82, 2.24) is 4.98 Å². The molecule has 20 heavy (non-hydrogen) atoms. The fourth-order valence-electron chi connectivity index (χ4n) is 3.11. The first kappa shape index (κ1) is 15.3. The van der Waals surface area contributed by atoms with Gasteiger partial charge in [-0.05, 0) is 37.3 Å². The lowest BCUT2D eigenvalue weighted by molar-refractivity contribution is -0.206. The summed E-state index contributed by atoms with van der Waals surface area (Å²) in [6.07, 6.45) is -1.46. The molecule has 1 saturated carbocycles. The molecule has 1 aliphatic carbocycles. The van der Waals surface area contributed by atoms with Crippen molar-refractivity contribution in [2.24, 2.45) is 11.8 Å². The summed E-state index contributed by atoms with van der Waals surface area (Å²) < 4.78 is 39.1. The molecule has 0 amide bonds. The van der Waals surface area contributed by atoms with Crippen LogP contribution in [0.4, 0.5) is 13.2 Å². The zero-order valence-corrected chi connectivity index (χ0v) is 11.5. The minimum absolute atomic E-state index is 0.131. The van der Waals surface area contributed by atoms with Crippen LogP contribution >= 0.6 is 0 Å². The summed E-state index contributed by atoms with van der Waals surface area (Å²) in [4.78, 5) is 4.16. The lowest BCUT2D eigenvalue weighted by atomic mass is 9.74. The van der Waals surface area contributed by atoms with Gasteiger partial charge in [0, 0.05) is 18.3 Å². The average molecular weight is 287 g/mol. The second-order valence-electron chi connectivity index (χ2n) is 5.63. The molecule has 3 unspecified atom stereocenters. The smallest absolute Gasteiger partial charge is 0.392 e. The van der Waals surface area contributed by atoms with Gasteiger partial charge in [-0.1, -0.05) is 18.9 Å². The van der Waals surface area contributed by atoms with Gasteiger partial charge in [0.25, 0.3) is 0 Å². The zero-order chi connectivity index (χ0) is 14.8. The van der Waals surface area contributed by atoms with Gasteiger partial charge in [0.2, 0.25) is 0 Å². The first-order valence-corrected chi connectivity index (χ1v) is 7.05. The first-order valence-electron chi connectivity index (χ1n) is 7.05. The summed E-state index contributed by atoms with van der Waals surface area (Å²) >= 11 is 0. The van der Waals surface area contributed by atoms with Crippen molar-refractivity contribution in [3.05, 3.63) is 29.6 Å². The molecular weight excluding hydrogens is 267 g/mol. The van der Waals surface area contributed by atoms with E-state index in [9.17, 15) is 18.3 Å². The van der Waals surface area contributed by atoms with Crippen molar-refractivity contribution in [2.75, 3.05) is 0 Å². The molecule has 3 atom stereocenters. The maximum absolute atomic E-state index is 13.0. The van der Waals surface area contributed by atoms with Crippen molar-refractivity contribution in [3.63, 3.8) is 0 Å². The van der Waals surface area contributed by atoms with Crippen LogP contribution in [0.3, 0.4) is 0 Å². The number of halogens is 3. The molecule has 1 aromatic heterocycles. The van der Waals surface area contributed by atoms with Gasteiger partial charge < -0.3 is 5.11 Å². The second-order valence-corrected chi connectivity index (χ2v) is 5.63. The van der Waals surface area contributed by atoms with Crippen molar-refractivity contribution in [2.45, 2.75) is 51.3 Å². The third-order valence-electron chi connectivity index (χ3n) is 4.25. The third-order valence-corrected chi connectivity index (χ3v) is 4.25. The van der Waals surface area contributed by atoms with Crippen LogP contribution in [-0.4, -0.2) is 22.4 Å². The summed E-state index contributed by atoms with van der Waals surface area (Å²) in [6, 6.07) is 3.64. The Morgan fingerprint density at radius 2 is 2.05 bits per heavy atom. The van der Waals surface area contributed by atoms with Gasteiger partial charge in [-0.15, -0.1) is 0 Å². The van der Waals surface area contributed by atoms with E-state index in [1.807, 2.05) is 13.0 Å². The van der Waals surface area contributed by atoms with Crippen LogP contribution in [0.2, 0.25) is 0 Å². The largest absolute Gasteiger partial charge is 0.392 e. The van der Waals surface area contributed by atoms with Crippen LogP contribution in [0.15, 0.2) is 18.3 Å². The Bertz CT molecular complexity index is 447. The number of aliphatic hydroxyl groups excluding tert-OH is 1. The molecule has 0 aromatic carbocycles. The third kappa shape index (κ3) is 3.51. The summed E-state index contributed by atoms with van der Waals surface area (Å²) in [7, 11) is 0. The predicted molar refractivity (Wildman–Crippen MR) is 70.2 cm³/mol. The molecule has 2 rings (SSSR count). The van der Waals surface area contributed by atoms with E-state index in [-0.39, 0.29) is 12.8 Å². The normalized spacial score (nSPS) is 25.4. The summed E-state index contributed by atoms with van der Waals surface area (Å²) in [6.45, 7) is 1.86. The summed E-state index contributed by atoms with van der Waals surface area (Å²) in [5, 5.41) is 10.2. The molecule has 1 aliphatic rings. The van der Waals surface area contributed by atoms with Crippen LogP contribution < -0.4 is 0 Å². The number of alkyl halides is 3. The van der Waals surface area contributed by atoms with Gasteiger partial charge in [-0.2, -0.15) is 13.2 Å². The number of aliphatic hydroxyl groups is 1. The van der Waals surface area contributed by atoms with E-state index in [4.69, 9.17) is 0 Å². The molecule has 1 fully saturated rings. The molecule has 5 heteroatoms. The SMILES string of the molecule is Cc1cccnc1CC(O)C1CCCCC1C(F)(F)F. The first-order chi connectivity index (χ1) is 9.39. The van der Waals surface area contributed by atoms with Crippen molar-refractivity contribution >= 4 is 0 Å². The van der Waals surface area contributed by atoms with Gasteiger partial charge in [0.1, 0.15) is 0 Å². The van der Waals surface area contributed by atoms with E-state index >= 15 is 0 Å². The molecule has 0 bridgehead atoms. The number of hydrogen-bond acceptors (Lipinski definition) is 2. The summed E-state index contributed by atoms with van der Waals surface area (Å²) in [5.41, 5.74) is 1.59. The van der Waals surface area contributed by atoms with Crippen LogP contribution in [0.1, 0.15) is 36.9 Å². The highest BCUT2D eigenvalue weighted by atomic mass is 19.4. The Morgan fingerprint density at radius 1 is 1.35 bits per heavy atom. The number of nitrogens with zero attached hydrogens (tertiary/aromatic N) is 1. The molecule has 1 aromatic rings. The standard InChI is InChI=1S/C15H20F3NO/c1-10-5-4-8-19-13(10)9-14(20)11-6-2-3-7-12(11)15(16,17)18/h4-5,8,11-12,14,20H,2-3,6-7,9H2,1H3. The van der Waals surface area contributed by atoms with Gasteiger partial charge in [-0.25, -0.2) is 0 Å². The molecule has 2 nitrogen and oxygen atoms in total. The van der Waals surface area contributed by atoms with Gasteiger partial charge in [-0.3, -0.25) is 4.98 Å². The molecule has 0 spiro atoms. The van der Waals surface area contributed by atoms with Crippen LogP contribution in [0, 0.1) is 18.8 Å². The van der Waals surface area contributed by atoms with Gasteiger partial charge in [0.15, 0.2) is 0 Å². The van der Waals surface area contributed by atoms with Crippen molar-refractivity contribution in [3.8, 4) is 0 Å². The molecule has 1 heterocycles. The molecule has 0 radical (unpaired) electrons. The topological polar surface area (TPSA) is 33.1 Å². The highest BCUT2D eigenvalue weighted by molar-refractivity contribution is 5.18. The Hall–Kier alpha value is -1.10. The van der Waals surface area contributed by atoms with Crippen LogP contribution in [0.25, 0.3) is 0 Å². The van der Waals surface area contributed by atoms with E-state index in [0.29, 0.717) is 18.5 Å². The minimum Gasteiger partial charge on any atom is -0.392 e. The van der Waals surface area contributed by atoms with E-state index in [2.05, 4.69) is 4.98 Å². The van der Waals surface area contributed by atoms with Gasteiger partial charge >= 0.3 is 6.18 Å². The number of hydrogen-bond donors (Lipinski definition) is 1. The Labute approximate surface area is 117 Å². The average Bonchev–Trinajstić information content (AvgIpc) is 2.40. The van der Waals surface area contributed by atoms with Gasteiger partial charge in [0.05, 0.1) is 12.0 Å². The second kappa shape index (κ2) is 6.12. The maximum atomic E-state index is 13.0. The number of rotatable bonds is 3. The minimum atomic E-state index is -4.22. The predicted octanol–water partition coefficient (Wildman–Crippen LogP) is 3.66. The Balaban J connectivity index is 2.10. The number of aryl methyl sites for hydroxylation is 1. The van der Waals surface area contributed by atoms with Crippen molar-refractivity contribution < 1.29 is 18.3 Å². The van der Waals surface area contributed by atoms with E-state index < -0.39 is 24.1 Å². The molecule has 0 saturated heterocycles. The molecule has 1 N–H and O–H groups in total. The zero-order valence-electron chi connectivity index (χ0n) is 11.5. The molecule has 112 valence electrons. The molecule has 0 aliphatic heterocycles. The van der Waals surface area contributed by atoms with E-state index in [1.54, 1.807) is 12.3 Å². The lowest BCUT2D eigenvalue weighted by Gasteiger charge is -2.36. The van der Waals surface area contributed by atoms with Crippen LogP contribution in [-0.2, 0) is 6.42 Å². The van der Waals surface area contributed by atoms with Crippen molar-refractivity contribution in [1.29, 1.82) is 0 Å². The molecular formula is C15H20F3NO. The Morgan fingerprint density at radius 3 is 2.70 bits per heavy atom. The maximum Gasteiger partial charge on any atom is 0.392 e. The summed E-state index contributed by atoms with van der Waals surface area (Å²) in [5.74, 6) is -2.08. The number of aromatic nitrogens is 1. The number of pyridine rings is 1. The van der Waals surface area contributed by atoms with E-state index in [0.717, 1.165) is 12.0 Å². The highest BCUT2D eigenvalue weighted by Crippen LogP contribution is 2.43. The lowest BCUT2D eigenvalue weighted by Crippen LogP contribution is -2.40. The fraction of sp³-hybridized carbons (Fsp3) is 0.667. The Kier molecular flexibility index (Phi) is 4.68. The monoisotopic (exact) mass is 287 g/mol. The highest BCUT2D eigenvalue weighted by Gasteiger charge is 2.47. The van der Waals surface area contributed by atoms with Crippen LogP contribution in [0.5, 0.6) is 0 Å². The van der Waals surface area contributed by atoms with E-state index in [1.165, 1.54) is 0 Å². The quantitative estimate of drug-likeness (QED) is 0.920. The fourth-order valence-corrected chi connectivity index (χ4v) is 3.11.